The molecule has 0 spiro atoms. The molecule has 88 valence electrons. The summed E-state index contributed by atoms with van der Waals surface area (Å²) < 4.78 is 0. The molecule has 0 saturated carbocycles. The second-order valence-electron chi connectivity index (χ2n) is 4.08. The highest BCUT2D eigenvalue weighted by atomic mass is 35.5. The van der Waals surface area contributed by atoms with E-state index in [9.17, 15) is 0 Å². The molecule has 0 amide bonds. The van der Waals surface area contributed by atoms with Crippen molar-refractivity contribution in [2.75, 3.05) is 6.54 Å². The maximum atomic E-state index is 6.33. The van der Waals surface area contributed by atoms with E-state index in [1.54, 1.807) is 0 Å². The van der Waals surface area contributed by atoms with Crippen LogP contribution in [0.2, 0.25) is 5.02 Å². The maximum Gasteiger partial charge on any atom is 0.101 e. The van der Waals surface area contributed by atoms with Crippen LogP contribution in [0.4, 0.5) is 0 Å². The summed E-state index contributed by atoms with van der Waals surface area (Å²) in [7, 11) is 0. The molecule has 0 aliphatic rings. The normalized spacial score (nSPS) is 10.5. The quantitative estimate of drug-likeness (QED) is 0.854. The van der Waals surface area contributed by atoms with Crippen LogP contribution in [-0.2, 0) is 6.54 Å². The van der Waals surface area contributed by atoms with Gasteiger partial charge in [-0.3, -0.25) is 0 Å². The molecule has 0 atom stereocenters. The summed E-state index contributed by atoms with van der Waals surface area (Å²) in [6.07, 6.45) is 0. The fraction of sp³-hybridized carbons (Fsp3) is 0.200. The predicted molar refractivity (Wildman–Crippen MR) is 73.1 cm³/mol. The summed E-state index contributed by atoms with van der Waals surface area (Å²) in [5.41, 5.74) is 3.55. The number of hydrogen-bond donors (Lipinski definition) is 1. The molecule has 0 radical (unpaired) electrons. The second kappa shape index (κ2) is 5.85. The summed E-state index contributed by atoms with van der Waals surface area (Å²) in [6, 6.07) is 16.6. The third kappa shape index (κ3) is 3.09. The minimum absolute atomic E-state index is 0.832. The van der Waals surface area contributed by atoms with Crippen molar-refractivity contribution in [3.63, 3.8) is 0 Å². The van der Waals surface area contributed by atoms with E-state index >= 15 is 0 Å². The van der Waals surface area contributed by atoms with Crippen LogP contribution in [0.15, 0.2) is 48.5 Å². The van der Waals surface area contributed by atoms with Crippen LogP contribution in [0, 0.1) is 0 Å². The average molecular weight is 247 g/mol. The van der Waals surface area contributed by atoms with E-state index in [1.165, 1.54) is 11.1 Å². The van der Waals surface area contributed by atoms with Gasteiger partial charge in [0.1, 0.15) is 6.54 Å². The molecule has 0 bridgehead atoms. The Labute approximate surface area is 107 Å². The van der Waals surface area contributed by atoms with Crippen molar-refractivity contribution in [3.05, 3.63) is 59.1 Å². The van der Waals surface area contributed by atoms with E-state index < -0.39 is 0 Å². The van der Waals surface area contributed by atoms with Gasteiger partial charge in [-0.25, -0.2) is 0 Å². The first-order chi connectivity index (χ1) is 8.31. The third-order valence-corrected chi connectivity index (χ3v) is 3.10. The summed E-state index contributed by atoms with van der Waals surface area (Å²) in [5.74, 6) is 0. The van der Waals surface area contributed by atoms with Crippen LogP contribution >= 0.6 is 11.6 Å². The lowest BCUT2D eigenvalue weighted by molar-refractivity contribution is -0.667. The molecule has 2 aromatic rings. The van der Waals surface area contributed by atoms with Crippen LogP contribution < -0.4 is 5.32 Å². The first-order valence-corrected chi connectivity index (χ1v) is 6.34. The highest BCUT2D eigenvalue weighted by Crippen LogP contribution is 2.28. The van der Waals surface area contributed by atoms with Crippen molar-refractivity contribution in [2.24, 2.45) is 0 Å². The Balaban J connectivity index is 2.26. The summed E-state index contributed by atoms with van der Waals surface area (Å²) in [5, 5.41) is 3.09. The van der Waals surface area contributed by atoms with Gasteiger partial charge in [-0.15, -0.1) is 0 Å². The zero-order chi connectivity index (χ0) is 12.1. The molecular formula is C15H17ClN+. The fourth-order valence-corrected chi connectivity index (χ4v) is 2.16. The second-order valence-corrected chi connectivity index (χ2v) is 4.49. The van der Waals surface area contributed by atoms with Crippen molar-refractivity contribution in [1.29, 1.82) is 0 Å². The maximum absolute atomic E-state index is 6.33. The Hall–Kier alpha value is -1.31. The van der Waals surface area contributed by atoms with Gasteiger partial charge in [0, 0.05) is 16.1 Å². The van der Waals surface area contributed by atoms with Crippen LogP contribution in [0.25, 0.3) is 11.1 Å². The lowest BCUT2D eigenvalue weighted by Crippen LogP contribution is -2.81. The Kier molecular flexibility index (Phi) is 4.18. The van der Waals surface area contributed by atoms with Gasteiger partial charge in [0.15, 0.2) is 0 Å². The van der Waals surface area contributed by atoms with E-state index in [0.717, 1.165) is 23.7 Å². The molecule has 2 N–H and O–H groups in total. The topological polar surface area (TPSA) is 16.6 Å². The third-order valence-electron chi connectivity index (χ3n) is 2.79. The molecule has 0 heterocycles. The monoisotopic (exact) mass is 246 g/mol. The van der Waals surface area contributed by atoms with Crippen molar-refractivity contribution in [1.82, 2.24) is 0 Å². The van der Waals surface area contributed by atoms with Crippen molar-refractivity contribution >= 4 is 11.6 Å². The van der Waals surface area contributed by atoms with Crippen LogP contribution in [0.5, 0.6) is 0 Å². The number of halogens is 1. The lowest BCUT2D eigenvalue weighted by Gasteiger charge is -2.06. The van der Waals surface area contributed by atoms with E-state index in [1.807, 2.05) is 18.2 Å². The molecule has 0 saturated heterocycles. The number of quaternary nitrogens is 1. The fourth-order valence-electron chi connectivity index (χ4n) is 1.85. The van der Waals surface area contributed by atoms with E-state index in [-0.39, 0.29) is 0 Å². The molecule has 0 aliphatic heterocycles. The predicted octanol–water partition coefficient (Wildman–Crippen LogP) is 3.09. The van der Waals surface area contributed by atoms with Crippen LogP contribution in [-0.4, -0.2) is 6.54 Å². The van der Waals surface area contributed by atoms with Gasteiger partial charge in [0.05, 0.1) is 6.54 Å². The first kappa shape index (κ1) is 12.2. The SMILES string of the molecule is CC[NH2+]Cc1ccc(-c2ccccc2)c(Cl)c1. The van der Waals surface area contributed by atoms with Crippen LogP contribution in [0.1, 0.15) is 12.5 Å². The lowest BCUT2D eigenvalue weighted by atomic mass is 10.0. The van der Waals surface area contributed by atoms with Crippen molar-refractivity contribution in [3.8, 4) is 11.1 Å². The Morgan fingerprint density at radius 3 is 2.47 bits per heavy atom. The Morgan fingerprint density at radius 2 is 1.82 bits per heavy atom. The number of rotatable bonds is 4. The van der Waals surface area contributed by atoms with Gasteiger partial charge in [0.2, 0.25) is 0 Å². The van der Waals surface area contributed by atoms with E-state index in [0.29, 0.717) is 0 Å². The number of nitrogens with two attached hydrogens (primary N) is 1. The average Bonchev–Trinajstić information content (AvgIpc) is 2.37. The number of benzene rings is 2. The molecule has 0 unspecified atom stereocenters. The van der Waals surface area contributed by atoms with Gasteiger partial charge in [-0.2, -0.15) is 0 Å². The molecular weight excluding hydrogens is 230 g/mol. The highest BCUT2D eigenvalue weighted by molar-refractivity contribution is 6.33. The van der Waals surface area contributed by atoms with Gasteiger partial charge in [0.25, 0.3) is 0 Å². The Bertz CT molecular complexity index is 480. The van der Waals surface area contributed by atoms with Crippen molar-refractivity contribution in [2.45, 2.75) is 13.5 Å². The molecule has 2 aromatic carbocycles. The zero-order valence-electron chi connectivity index (χ0n) is 9.99. The van der Waals surface area contributed by atoms with Crippen LogP contribution in [0.3, 0.4) is 0 Å². The zero-order valence-corrected chi connectivity index (χ0v) is 10.7. The van der Waals surface area contributed by atoms with E-state index in [4.69, 9.17) is 11.6 Å². The summed E-state index contributed by atoms with van der Waals surface area (Å²) >= 11 is 6.33. The highest BCUT2D eigenvalue weighted by Gasteiger charge is 2.04. The molecule has 1 nitrogen and oxygen atoms in total. The van der Waals surface area contributed by atoms with Gasteiger partial charge in [-0.1, -0.05) is 54.1 Å². The minimum Gasteiger partial charge on any atom is -0.343 e. The standard InChI is InChI=1S/C15H16ClN/c1-2-17-11-12-8-9-14(15(16)10-12)13-6-4-3-5-7-13/h3-10,17H,2,11H2,1H3/p+1. The smallest absolute Gasteiger partial charge is 0.101 e. The van der Waals surface area contributed by atoms with Gasteiger partial charge >= 0.3 is 0 Å². The first-order valence-electron chi connectivity index (χ1n) is 5.96. The molecule has 17 heavy (non-hydrogen) atoms. The molecule has 2 heteroatoms. The Morgan fingerprint density at radius 1 is 1.06 bits per heavy atom. The molecule has 0 aliphatic carbocycles. The molecule has 0 fully saturated rings. The minimum atomic E-state index is 0.832. The molecule has 0 aromatic heterocycles. The summed E-state index contributed by atoms with van der Waals surface area (Å²) in [6.45, 7) is 4.24. The molecule has 2 rings (SSSR count). The van der Waals surface area contributed by atoms with Gasteiger partial charge in [-0.05, 0) is 18.6 Å². The van der Waals surface area contributed by atoms with Gasteiger partial charge < -0.3 is 5.32 Å². The number of hydrogen-bond acceptors (Lipinski definition) is 0. The van der Waals surface area contributed by atoms with E-state index in [2.05, 4.69) is 42.6 Å². The van der Waals surface area contributed by atoms with Crippen molar-refractivity contribution < 1.29 is 5.32 Å². The summed E-state index contributed by atoms with van der Waals surface area (Å²) in [4.78, 5) is 0. The largest absolute Gasteiger partial charge is 0.343 e.